The number of rotatable bonds is 4. The highest BCUT2D eigenvalue weighted by Gasteiger charge is 1.97. The Morgan fingerprint density at radius 3 is 2.93 bits per heavy atom. The summed E-state index contributed by atoms with van der Waals surface area (Å²) < 4.78 is 1.78. The van der Waals surface area contributed by atoms with E-state index in [9.17, 15) is 0 Å². The van der Waals surface area contributed by atoms with Crippen LogP contribution in [0.2, 0.25) is 0 Å². The summed E-state index contributed by atoms with van der Waals surface area (Å²) in [4.78, 5) is 4.24. The number of nitrogens with one attached hydrogen (secondary N) is 1. The molecule has 4 heteroatoms. The molecule has 0 aliphatic carbocycles. The molecule has 0 spiro atoms. The number of hydrogen-bond acceptors (Lipinski definition) is 3. The van der Waals surface area contributed by atoms with Crippen LogP contribution in [0.15, 0.2) is 23.6 Å². The minimum absolute atomic E-state index is 0.294. The number of aryl methyl sites for hydroxylation is 1. The fourth-order valence-corrected chi connectivity index (χ4v) is 1.06. The lowest BCUT2D eigenvalue weighted by atomic mass is 10.2. The Kier molecular flexibility index (Phi) is 4.24. The molecule has 0 aromatic carbocycles. The van der Waals surface area contributed by atoms with Gasteiger partial charge in [-0.25, -0.2) is 0 Å². The maximum Gasteiger partial charge on any atom is 0.0565 e. The molecule has 1 unspecified atom stereocenters. The Bertz CT molecular complexity index is 362. The predicted octanol–water partition coefficient (Wildman–Crippen LogP) is 1.46. The first-order valence-electron chi connectivity index (χ1n) is 5.00. The minimum Gasteiger partial charge on any atom is -0.312 e. The molecule has 0 saturated heterocycles. The highest BCUT2D eigenvalue weighted by Crippen LogP contribution is 2.11. The van der Waals surface area contributed by atoms with Crippen LogP contribution in [0.4, 0.5) is 0 Å². The molecule has 0 radical (unpaired) electrons. The molecule has 0 aliphatic heterocycles. The summed E-state index contributed by atoms with van der Waals surface area (Å²) in [6.45, 7) is 4.08. The van der Waals surface area contributed by atoms with Crippen molar-refractivity contribution < 1.29 is 0 Å². The summed E-state index contributed by atoms with van der Waals surface area (Å²) in [5, 5.41) is 7.20. The molecule has 0 saturated carbocycles. The molecule has 1 N–H and O–H groups in total. The van der Waals surface area contributed by atoms with Gasteiger partial charge in [0.2, 0.25) is 0 Å². The number of hydrogen-bond donors (Lipinski definition) is 1. The van der Waals surface area contributed by atoms with Crippen LogP contribution in [-0.4, -0.2) is 29.1 Å². The van der Waals surface area contributed by atoms with Crippen LogP contribution < -0.4 is 5.32 Å². The normalized spacial score (nSPS) is 14.8. The van der Waals surface area contributed by atoms with Gasteiger partial charge in [0.1, 0.15) is 0 Å². The topological polar surface area (TPSA) is 42.2 Å². The monoisotopic (exact) mass is 206 g/mol. The van der Waals surface area contributed by atoms with E-state index in [1.807, 2.05) is 45.8 Å². The molecule has 0 aliphatic rings. The van der Waals surface area contributed by atoms with Gasteiger partial charge in [-0.2, -0.15) is 5.10 Å². The van der Waals surface area contributed by atoms with Gasteiger partial charge < -0.3 is 5.32 Å². The molecule has 0 amide bonds. The molecule has 1 heterocycles. The lowest BCUT2D eigenvalue weighted by molar-refractivity contribution is 0.767. The number of nitrogens with zero attached hydrogens (tertiary/aromatic N) is 3. The first-order chi connectivity index (χ1) is 7.13. The van der Waals surface area contributed by atoms with E-state index in [0.717, 1.165) is 11.1 Å². The summed E-state index contributed by atoms with van der Waals surface area (Å²) in [5.74, 6) is 0. The third-order valence-corrected chi connectivity index (χ3v) is 2.19. The summed E-state index contributed by atoms with van der Waals surface area (Å²) >= 11 is 0. The second-order valence-electron chi connectivity index (χ2n) is 3.59. The van der Waals surface area contributed by atoms with Gasteiger partial charge >= 0.3 is 0 Å². The van der Waals surface area contributed by atoms with Crippen LogP contribution in [-0.2, 0) is 7.05 Å². The van der Waals surface area contributed by atoms with Crippen molar-refractivity contribution in [1.82, 2.24) is 15.1 Å². The number of aromatic nitrogens is 2. The Hall–Kier alpha value is -1.42. The smallest absolute Gasteiger partial charge is 0.0565 e. The first kappa shape index (κ1) is 11.7. The van der Waals surface area contributed by atoms with Gasteiger partial charge in [0.05, 0.1) is 6.20 Å². The molecule has 0 fully saturated rings. The van der Waals surface area contributed by atoms with Crippen molar-refractivity contribution in [1.29, 1.82) is 0 Å². The lowest BCUT2D eigenvalue weighted by Gasteiger charge is -1.99. The van der Waals surface area contributed by atoms with Crippen LogP contribution in [0.5, 0.6) is 0 Å². The van der Waals surface area contributed by atoms with Crippen molar-refractivity contribution >= 4 is 11.8 Å². The Labute approximate surface area is 90.7 Å². The van der Waals surface area contributed by atoms with Crippen LogP contribution >= 0.6 is 0 Å². The van der Waals surface area contributed by atoms with Gasteiger partial charge in [0.25, 0.3) is 0 Å². The van der Waals surface area contributed by atoms with E-state index in [0.29, 0.717) is 6.04 Å². The molecular weight excluding hydrogens is 188 g/mol. The standard InChI is InChI=1S/C11H18N4/c1-9(5-13-6-10(2)12-3)11-7-14-15(4)8-11/h5-8,10,12H,1-4H3/b9-5+,13-6?. The summed E-state index contributed by atoms with van der Waals surface area (Å²) in [6, 6.07) is 0.294. The zero-order chi connectivity index (χ0) is 11.3. The molecule has 1 aromatic rings. The maximum absolute atomic E-state index is 4.24. The molecule has 1 rings (SSSR count). The Balaban J connectivity index is 2.64. The molecule has 4 nitrogen and oxygen atoms in total. The highest BCUT2D eigenvalue weighted by atomic mass is 15.2. The van der Waals surface area contributed by atoms with Gasteiger partial charge in [-0.3, -0.25) is 9.67 Å². The van der Waals surface area contributed by atoms with E-state index < -0.39 is 0 Å². The zero-order valence-corrected chi connectivity index (χ0v) is 9.73. The van der Waals surface area contributed by atoms with E-state index in [1.54, 1.807) is 4.68 Å². The highest BCUT2D eigenvalue weighted by molar-refractivity contribution is 5.68. The van der Waals surface area contributed by atoms with Crippen molar-refractivity contribution in [2.45, 2.75) is 19.9 Å². The summed E-state index contributed by atoms with van der Waals surface area (Å²) in [7, 11) is 3.82. The Morgan fingerprint density at radius 1 is 1.67 bits per heavy atom. The van der Waals surface area contributed by atoms with E-state index >= 15 is 0 Å². The molecule has 1 aromatic heterocycles. The second kappa shape index (κ2) is 5.46. The van der Waals surface area contributed by atoms with E-state index in [1.165, 1.54) is 0 Å². The molecule has 1 atom stereocenters. The number of allylic oxidation sites excluding steroid dienone is 1. The first-order valence-corrected chi connectivity index (χ1v) is 5.00. The summed E-state index contributed by atoms with van der Waals surface area (Å²) in [5.41, 5.74) is 2.22. The second-order valence-corrected chi connectivity index (χ2v) is 3.59. The fourth-order valence-electron chi connectivity index (χ4n) is 1.06. The lowest BCUT2D eigenvalue weighted by Crippen LogP contribution is -2.22. The van der Waals surface area contributed by atoms with Crippen LogP contribution in [0.1, 0.15) is 19.4 Å². The summed E-state index contributed by atoms with van der Waals surface area (Å²) in [6.07, 6.45) is 7.54. The Morgan fingerprint density at radius 2 is 2.40 bits per heavy atom. The van der Waals surface area contributed by atoms with Crippen molar-refractivity contribution in [3.05, 3.63) is 24.2 Å². The predicted molar refractivity (Wildman–Crippen MR) is 63.9 cm³/mol. The SMILES string of the molecule is CNC(C)C=N/C=C(\C)c1cnn(C)c1. The molecule has 15 heavy (non-hydrogen) atoms. The van der Waals surface area contributed by atoms with Crippen molar-refractivity contribution in [3.8, 4) is 0 Å². The van der Waals surface area contributed by atoms with Crippen molar-refractivity contribution in [3.63, 3.8) is 0 Å². The van der Waals surface area contributed by atoms with Crippen molar-refractivity contribution in [2.75, 3.05) is 7.05 Å². The van der Waals surface area contributed by atoms with Gasteiger partial charge in [0.15, 0.2) is 0 Å². The average molecular weight is 206 g/mol. The molecule has 82 valence electrons. The van der Waals surface area contributed by atoms with E-state index in [2.05, 4.69) is 22.3 Å². The van der Waals surface area contributed by atoms with Crippen LogP contribution in [0, 0.1) is 0 Å². The zero-order valence-electron chi connectivity index (χ0n) is 9.73. The molecular formula is C11H18N4. The van der Waals surface area contributed by atoms with Gasteiger partial charge in [0, 0.05) is 37.3 Å². The van der Waals surface area contributed by atoms with Gasteiger partial charge in [-0.1, -0.05) is 0 Å². The third-order valence-electron chi connectivity index (χ3n) is 2.19. The van der Waals surface area contributed by atoms with Crippen LogP contribution in [0.3, 0.4) is 0 Å². The van der Waals surface area contributed by atoms with Crippen LogP contribution in [0.25, 0.3) is 5.57 Å². The van der Waals surface area contributed by atoms with E-state index in [-0.39, 0.29) is 0 Å². The quantitative estimate of drug-likeness (QED) is 0.758. The maximum atomic E-state index is 4.24. The average Bonchev–Trinajstić information content (AvgIpc) is 2.64. The fraction of sp³-hybridized carbons (Fsp3) is 0.455. The van der Waals surface area contributed by atoms with Gasteiger partial charge in [-0.05, 0) is 26.5 Å². The van der Waals surface area contributed by atoms with E-state index in [4.69, 9.17) is 0 Å². The molecule has 0 bridgehead atoms. The third kappa shape index (κ3) is 3.67. The minimum atomic E-state index is 0.294. The van der Waals surface area contributed by atoms with Crippen molar-refractivity contribution in [2.24, 2.45) is 12.0 Å². The number of aliphatic imine (C=N–C) groups is 1. The largest absolute Gasteiger partial charge is 0.312 e. The van der Waals surface area contributed by atoms with Gasteiger partial charge in [-0.15, -0.1) is 0 Å².